The molecule has 2 aromatic heterocycles. The molecule has 0 atom stereocenters. The lowest BCUT2D eigenvalue weighted by atomic mass is 9.82. The summed E-state index contributed by atoms with van der Waals surface area (Å²) in [5, 5.41) is 21.5. The van der Waals surface area contributed by atoms with Crippen LogP contribution in [0.2, 0.25) is 0 Å². The fourth-order valence-electron chi connectivity index (χ4n) is 4.67. The van der Waals surface area contributed by atoms with Crippen molar-refractivity contribution in [2.24, 2.45) is 5.92 Å². The summed E-state index contributed by atoms with van der Waals surface area (Å²) in [5.74, 6) is 2.39. The molecule has 6 nitrogen and oxygen atoms in total. The number of aromatic nitrogens is 3. The highest BCUT2D eigenvalue weighted by Crippen LogP contribution is 2.31. The lowest BCUT2D eigenvalue weighted by Gasteiger charge is -2.31. The highest BCUT2D eigenvalue weighted by molar-refractivity contribution is 5.80. The molecule has 30 heavy (non-hydrogen) atoms. The number of nitrogens with one attached hydrogen (secondary N) is 2. The van der Waals surface area contributed by atoms with Crippen molar-refractivity contribution in [2.45, 2.75) is 64.5 Å². The van der Waals surface area contributed by atoms with Gasteiger partial charge in [-0.25, -0.2) is 4.98 Å². The van der Waals surface area contributed by atoms with Crippen LogP contribution in [-0.4, -0.2) is 38.4 Å². The molecule has 158 valence electrons. The van der Waals surface area contributed by atoms with Gasteiger partial charge >= 0.3 is 0 Å². The Balaban J connectivity index is 1.51. The average Bonchev–Trinajstić information content (AvgIpc) is 3.36. The van der Waals surface area contributed by atoms with Crippen molar-refractivity contribution < 1.29 is 5.11 Å². The first-order valence-corrected chi connectivity index (χ1v) is 11.2. The van der Waals surface area contributed by atoms with E-state index in [9.17, 15) is 5.11 Å². The monoisotopic (exact) mass is 405 g/mol. The highest BCUT2D eigenvalue weighted by atomic mass is 16.3. The second-order valence-electron chi connectivity index (χ2n) is 9.12. The zero-order chi connectivity index (χ0) is 20.7. The molecule has 2 heterocycles. The fraction of sp³-hybridized carbons (Fsp3) is 0.500. The SMILES string of the molecule is Cc1ccc(-c2cnn3c(NCC4CC(O)C4)cc(NC4CCCC4)nc23)cc1C. The van der Waals surface area contributed by atoms with Crippen molar-refractivity contribution >= 4 is 17.3 Å². The molecule has 3 aromatic rings. The minimum Gasteiger partial charge on any atom is -0.393 e. The molecule has 5 rings (SSSR count). The van der Waals surface area contributed by atoms with Crippen LogP contribution in [0.25, 0.3) is 16.8 Å². The maximum atomic E-state index is 9.60. The van der Waals surface area contributed by atoms with Crippen LogP contribution in [0.1, 0.15) is 49.7 Å². The van der Waals surface area contributed by atoms with Crippen LogP contribution in [-0.2, 0) is 0 Å². The lowest BCUT2D eigenvalue weighted by Crippen LogP contribution is -2.33. The van der Waals surface area contributed by atoms with E-state index in [4.69, 9.17) is 4.98 Å². The van der Waals surface area contributed by atoms with E-state index in [0.29, 0.717) is 12.0 Å². The van der Waals surface area contributed by atoms with Crippen molar-refractivity contribution in [3.8, 4) is 11.1 Å². The number of aliphatic hydroxyl groups is 1. The van der Waals surface area contributed by atoms with Gasteiger partial charge in [0.05, 0.1) is 12.3 Å². The fourth-order valence-corrected chi connectivity index (χ4v) is 4.67. The molecule has 1 aromatic carbocycles. The summed E-state index contributed by atoms with van der Waals surface area (Å²) in [6.45, 7) is 5.12. The van der Waals surface area contributed by atoms with E-state index in [-0.39, 0.29) is 6.10 Å². The number of hydrogen-bond donors (Lipinski definition) is 3. The van der Waals surface area contributed by atoms with E-state index >= 15 is 0 Å². The van der Waals surface area contributed by atoms with Gasteiger partial charge in [-0.3, -0.25) is 0 Å². The van der Waals surface area contributed by atoms with Crippen LogP contribution in [0.5, 0.6) is 0 Å². The second kappa shape index (κ2) is 7.91. The van der Waals surface area contributed by atoms with Gasteiger partial charge in [0.25, 0.3) is 0 Å². The van der Waals surface area contributed by atoms with Crippen LogP contribution >= 0.6 is 0 Å². The van der Waals surface area contributed by atoms with Crippen LogP contribution in [0.15, 0.2) is 30.5 Å². The van der Waals surface area contributed by atoms with Gasteiger partial charge < -0.3 is 15.7 Å². The van der Waals surface area contributed by atoms with E-state index in [1.54, 1.807) is 0 Å². The molecular formula is C24H31N5O. The highest BCUT2D eigenvalue weighted by Gasteiger charge is 2.27. The average molecular weight is 406 g/mol. The quantitative estimate of drug-likeness (QED) is 0.561. The normalized spacial score (nSPS) is 21.7. The van der Waals surface area contributed by atoms with Crippen LogP contribution in [0.3, 0.4) is 0 Å². The Morgan fingerprint density at radius 1 is 1.10 bits per heavy atom. The lowest BCUT2D eigenvalue weighted by molar-refractivity contribution is 0.0486. The standard InChI is InChI=1S/C24H31N5O/c1-15-7-8-18(9-16(15)2)21-14-26-29-23(25-13-17-10-20(30)11-17)12-22(28-24(21)29)27-19-5-3-4-6-19/h7-9,12,14,17,19-20,25,30H,3-6,10-11,13H2,1-2H3,(H,27,28). The molecule has 6 heteroatoms. The summed E-state index contributed by atoms with van der Waals surface area (Å²) < 4.78 is 1.92. The van der Waals surface area contributed by atoms with Crippen molar-refractivity contribution in [1.82, 2.24) is 14.6 Å². The Kier molecular flexibility index (Phi) is 5.11. The Bertz CT molecular complexity index is 1050. The van der Waals surface area contributed by atoms with Gasteiger partial charge in [0, 0.05) is 24.2 Å². The van der Waals surface area contributed by atoms with Crippen LogP contribution in [0, 0.1) is 19.8 Å². The van der Waals surface area contributed by atoms with Gasteiger partial charge in [-0.1, -0.05) is 31.0 Å². The van der Waals surface area contributed by atoms with Gasteiger partial charge in [-0.15, -0.1) is 0 Å². The molecule has 0 spiro atoms. The number of hydrogen-bond acceptors (Lipinski definition) is 5. The number of anilines is 2. The maximum Gasteiger partial charge on any atom is 0.167 e. The summed E-state index contributed by atoms with van der Waals surface area (Å²) in [7, 11) is 0. The maximum absolute atomic E-state index is 9.60. The zero-order valence-electron chi connectivity index (χ0n) is 17.9. The number of nitrogens with zero attached hydrogens (tertiary/aromatic N) is 3. The second-order valence-corrected chi connectivity index (χ2v) is 9.12. The van der Waals surface area contributed by atoms with Crippen molar-refractivity contribution in [3.63, 3.8) is 0 Å². The zero-order valence-corrected chi connectivity index (χ0v) is 17.9. The molecule has 0 saturated heterocycles. The minimum atomic E-state index is -0.130. The van der Waals surface area contributed by atoms with Gasteiger partial charge in [-0.05, 0) is 62.1 Å². The molecule has 0 radical (unpaired) electrons. The Morgan fingerprint density at radius 2 is 1.90 bits per heavy atom. The first-order chi connectivity index (χ1) is 14.6. The molecule has 2 aliphatic carbocycles. The molecule has 0 bridgehead atoms. The van der Waals surface area contributed by atoms with E-state index in [1.165, 1.54) is 36.8 Å². The third-order valence-corrected chi connectivity index (χ3v) is 6.78. The summed E-state index contributed by atoms with van der Waals surface area (Å²) in [4.78, 5) is 4.97. The van der Waals surface area contributed by atoms with Gasteiger partial charge in [0.15, 0.2) is 5.65 Å². The Morgan fingerprint density at radius 3 is 2.63 bits per heavy atom. The smallest absolute Gasteiger partial charge is 0.167 e. The molecule has 0 unspecified atom stereocenters. The largest absolute Gasteiger partial charge is 0.393 e. The molecule has 2 saturated carbocycles. The first kappa shape index (κ1) is 19.4. The molecule has 2 aliphatic rings. The van der Waals surface area contributed by atoms with E-state index in [1.807, 2.05) is 10.7 Å². The number of fused-ring (bicyclic) bond motifs is 1. The Hall–Kier alpha value is -2.60. The summed E-state index contributed by atoms with van der Waals surface area (Å²) in [6, 6.07) is 9.12. The summed E-state index contributed by atoms with van der Waals surface area (Å²) >= 11 is 0. The third kappa shape index (κ3) is 3.76. The molecule has 3 N–H and O–H groups in total. The van der Waals surface area contributed by atoms with Crippen molar-refractivity contribution in [1.29, 1.82) is 0 Å². The predicted molar refractivity (Wildman–Crippen MR) is 121 cm³/mol. The van der Waals surface area contributed by atoms with Crippen molar-refractivity contribution in [3.05, 3.63) is 41.6 Å². The Labute approximate surface area is 177 Å². The van der Waals surface area contributed by atoms with Gasteiger partial charge in [-0.2, -0.15) is 9.61 Å². The summed E-state index contributed by atoms with van der Waals surface area (Å²) in [6.07, 6.45) is 8.53. The van der Waals surface area contributed by atoms with Crippen molar-refractivity contribution in [2.75, 3.05) is 17.2 Å². The van der Waals surface area contributed by atoms with Gasteiger partial charge in [0.1, 0.15) is 11.6 Å². The molecule has 0 amide bonds. The van der Waals surface area contributed by atoms with E-state index < -0.39 is 0 Å². The number of rotatable bonds is 6. The number of aliphatic hydroxyl groups excluding tert-OH is 1. The van der Waals surface area contributed by atoms with Crippen LogP contribution in [0.4, 0.5) is 11.6 Å². The molecular weight excluding hydrogens is 374 g/mol. The molecule has 2 fully saturated rings. The number of aryl methyl sites for hydroxylation is 2. The van der Waals surface area contributed by atoms with E-state index in [2.05, 4.69) is 53.8 Å². The van der Waals surface area contributed by atoms with E-state index in [0.717, 1.165) is 47.8 Å². The summed E-state index contributed by atoms with van der Waals surface area (Å²) in [5.41, 5.74) is 5.63. The van der Waals surface area contributed by atoms with Crippen LogP contribution < -0.4 is 10.6 Å². The molecule has 0 aliphatic heterocycles. The van der Waals surface area contributed by atoms with Gasteiger partial charge in [0.2, 0.25) is 0 Å². The topological polar surface area (TPSA) is 74.5 Å². The minimum absolute atomic E-state index is 0.130. The first-order valence-electron chi connectivity index (χ1n) is 11.2. The third-order valence-electron chi connectivity index (χ3n) is 6.78. The number of benzene rings is 1. The predicted octanol–water partition coefficient (Wildman–Crippen LogP) is 4.55.